The van der Waals surface area contributed by atoms with E-state index in [4.69, 9.17) is 5.73 Å². The predicted molar refractivity (Wildman–Crippen MR) is 93.9 cm³/mol. The van der Waals surface area contributed by atoms with E-state index in [-0.39, 0.29) is 0 Å². The Morgan fingerprint density at radius 2 is 1.86 bits per heavy atom. The second-order valence-corrected chi connectivity index (χ2v) is 7.05. The Labute approximate surface area is 136 Å². The molecule has 2 aromatic carbocycles. The lowest BCUT2D eigenvalue weighted by Gasteiger charge is -2.10. The molecule has 21 heavy (non-hydrogen) atoms. The van der Waals surface area contributed by atoms with Gasteiger partial charge in [0.25, 0.3) is 0 Å². The van der Waals surface area contributed by atoms with E-state index >= 15 is 0 Å². The van der Waals surface area contributed by atoms with Gasteiger partial charge in [-0.1, -0.05) is 33.8 Å². The highest BCUT2D eigenvalue weighted by atomic mass is 79.9. The van der Waals surface area contributed by atoms with Gasteiger partial charge in [0, 0.05) is 19.6 Å². The van der Waals surface area contributed by atoms with Crippen LogP contribution in [0.4, 0.5) is 5.69 Å². The molecule has 0 unspecified atom stereocenters. The van der Waals surface area contributed by atoms with E-state index in [9.17, 15) is 0 Å². The third kappa shape index (κ3) is 2.92. The summed E-state index contributed by atoms with van der Waals surface area (Å²) in [6.07, 6.45) is 1.74. The summed E-state index contributed by atoms with van der Waals surface area (Å²) in [6, 6.07) is 12.6. The molecule has 0 amide bonds. The van der Waals surface area contributed by atoms with Crippen molar-refractivity contribution in [2.45, 2.75) is 23.6 Å². The summed E-state index contributed by atoms with van der Waals surface area (Å²) < 4.78 is 1.03. The normalized spacial score (nSPS) is 11.0. The number of halogens is 1. The highest BCUT2D eigenvalue weighted by Crippen LogP contribution is 2.38. The van der Waals surface area contributed by atoms with Crippen molar-refractivity contribution in [2.24, 2.45) is 0 Å². The molecule has 2 nitrogen and oxygen atoms in total. The van der Waals surface area contributed by atoms with E-state index in [0.717, 1.165) is 20.3 Å². The number of anilines is 1. The molecule has 2 N–H and O–H groups in total. The number of nitrogens with zero attached hydrogens (tertiary/aromatic N) is 1. The first kappa shape index (κ1) is 14.4. The van der Waals surface area contributed by atoms with Crippen LogP contribution in [0.1, 0.15) is 11.1 Å². The molecular weight excluding hydrogens is 344 g/mol. The van der Waals surface area contributed by atoms with Gasteiger partial charge in [-0.15, -0.1) is 0 Å². The molecule has 0 aliphatic carbocycles. The molecule has 106 valence electrons. The number of rotatable bonds is 2. The van der Waals surface area contributed by atoms with Gasteiger partial charge in [0.15, 0.2) is 0 Å². The van der Waals surface area contributed by atoms with Crippen LogP contribution in [0.2, 0.25) is 0 Å². The second kappa shape index (κ2) is 5.70. The van der Waals surface area contributed by atoms with Crippen LogP contribution in [0, 0.1) is 13.8 Å². The second-order valence-electron chi connectivity index (χ2n) is 5.05. The number of fused-ring (bicyclic) bond motifs is 1. The quantitative estimate of drug-likeness (QED) is 0.671. The Hall–Kier alpha value is -1.52. The molecular formula is C17H15BrN2S. The standard InChI is InChI=1S/C17H15BrN2S/c1-10-3-5-13(7-11(10)2)21-17-14-8-12(18)4-6-16(14)20-9-15(17)19/h3-9H,19H2,1-2H3. The maximum Gasteiger partial charge on any atom is 0.0715 e. The fourth-order valence-corrected chi connectivity index (χ4v) is 3.58. The molecule has 0 aliphatic heterocycles. The van der Waals surface area contributed by atoms with Crippen LogP contribution in [-0.2, 0) is 0 Å². The number of hydrogen-bond acceptors (Lipinski definition) is 3. The zero-order valence-electron chi connectivity index (χ0n) is 11.9. The third-order valence-corrected chi connectivity index (χ3v) is 5.15. The van der Waals surface area contributed by atoms with Crippen LogP contribution in [0.3, 0.4) is 0 Å². The third-order valence-electron chi connectivity index (χ3n) is 3.51. The summed E-state index contributed by atoms with van der Waals surface area (Å²) >= 11 is 5.21. The van der Waals surface area contributed by atoms with Crippen molar-refractivity contribution >= 4 is 44.3 Å². The summed E-state index contributed by atoms with van der Waals surface area (Å²) in [6.45, 7) is 4.25. The van der Waals surface area contributed by atoms with Crippen molar-refractivity contribution in [2.75, 3.05) is 5.73 Å². The Balaban J connectivity index is 2.12. The van der Waals surface area contributed by atoms with Gasteiger partial charge < -0.3 is 5.73 Å². The molecule has 1 aromatic heterocycles. The molecule has 3 rings (SSSR count). The van der Waals surface area contributed by atoms with E-state index < -0.39 is 0 Å². The molecule has 0 radical (unpaired) electrons. The van der Waals surface area contributed by atoms with Crippen molar-refractivity contribution in [3.8, 4) is 0 Å². The lowest BCUT2D eigenvalue weighted by atomic mass is 10.1. The molecule has 0 fully saturated rings. The van der Waals surface area contributed by atoms with Crippen molar-refractivity contribution in [1.82, 2.24) is 4.98 Å². The SMILES string of the molecule is Cc1ccc(Sc2c(N)cnc3ccc(Br)cc23)cc1C. The van der Waals surface area contributed by atoms with Crippen LogP contribution >= 0.6 is 27.7 Å². The van der Waals surface area contributed by atoms with Gasteiger partial charge >= 0.3 is 0 Å². The average Bonchev–Trinajstić information content (AvgIpc) is 2.46. The van der Waals surface area contributed by atoms with Gasteiger partial charge in [-0.2, -0.15) is 0 Å². The molecule has 0 atom stereocenters. The molecule has 0 bridgehead atoms. The first-order valence-electron chi connectivity index (χ1n) is 6.63. The molecule has 0 saturated heterocycles. The first-order chi connectivity index (χ1) is 10.0. The van der Waals surface area contributed by atoms with E-state index in [1.807, 2.05) is 12.1 Å². The molecule has 0 spiro atoms. The highest BCUT2D eigenvalue weighted by molar-refractivity contribution is 9.10. The fourth-order valence-electron chi connectivity index (χ4n) is 2.17. The van der Waals surface area contributed by atoms with Crippen molar-refractivity contribution in [3.05, 3.63) is 58.2 Å². The van der Waals surface area contributed by atoms with Gasteiger partial charge in [0.05, 0.1) is 17.4 Å². The van der Waals surface area contributed by atoms with Crippen LogP contribution in [0.5, 0.6) is 0 Å². The van der Waals surface area contributed by atoms with Gasteiger partial charge in [-0.05, 0) is 55.3 Å². The summed E-state index contributed by atoms with van der Waals surface area (Å²) in [5, 5.41) is 1.08. The lowest BCUT2D eigenvalue weighted by molar-refractivity contribution is 1.27. The number of aryl methyl sites for hydroxylation is 2. The number of nitrogen functional groups attached to an aromatic ring is 1. The van der Waals surface area contributed by atoms with Crippen LogP contribution in [0.25, 0.3) is 10.9 Å². The minimum Gasteiger partial charge on any atom is -0.397 e. The monoisotopic (exact) mass is 358 g/mol. The van der Waals surface area contributed by atoms with Crippen molar-refractivity contribution in [1.29, 1.82) is 0 Å². The van der Waals surface area contributed by atoms with E-state index in [1.165, 1.54) is 16.0 Å². The Bertz CT molecular complexity index is 825. The molecule has 0 aliphatic rings. The fraction of sp³-hybridized carbons (Fsp3) is 0.118. The summed E-state index contributed by atoms with van der Waals surface area (Å²) in [5.41, 5.74) is 10.4. The minimum absolute atomic E-state index is 0.712. The van der Waals surface area contributed by atoms with E-state index in [0.29, 0.717) is 5.69 Å². The molecule has 3 aromatic rings. The van der Waals surface area contributed by atoms with Crippen LogP contribution in [-0.4, -0.2) is 4.98 Å². The topological polar surface area (TPSA) is 38.9 Å². The zero-order chi connectivity index (χ0) is 15.0. The Morgan fingerprint density at radius 3 is 2.62 bits per heavy atom. The zero-order valence-corrected chi connectivity index (χ0v) is 14.3. The van der Waals surface area contributed by atoms with Gasteiger partial charge in [0.1, 0.15) is 0 Å². The smallest absolute Gasteiger partial charge is 0.0715 e. The number of pyridine rings is 1. The molecule has 0 saturated carbocycles. The summed E-state index contributed by atoms with van der Waals surface area (Å²) in [5.74, 6) is 0. The maximum atomic E-state index is 6.15. The number of aromatic nitrogens is 1. The van der Waals surface area contributed by atoms with Crippen molar-refractivity contribution in [3.63, 3.8) is 0 Å². The number of nitrogens with two attached hydrogens (primary N) is 1. The highest BCUT2D eigenvalue weighted by Gasteiger charge is 2.09. The first-order valence-corrected chi connectivity index (χ1v) is 8.24. The van der Waals surface area contributed by atoms with Crippen LogP contribution in [0.15, 0.2) is 56.9 Å². The van der Waals surface area contributed by atoms with Crippen LogP contribution < -0.4 is 5.73 Å². The van der Waals surface area contributed by atoms with Gasteiger partial charge in [-0.3, -0.25) is 4.98 Å². The average molecular weight is 359 g/mol. The Morgan fingerprint density at radius 1 is 1.05 bits per heavy atom. The lowest BCUT2D eigenvalue weighted by Crippen LogP contribution is -1.92. The van der Waals surface area contributed by atoms with Crippen molar-refractivity contribution < 1.29 is 0 Å². The number of hydrogen-bond donors (Lipinski definition) is 1. The molecule has 4 heteroatoms. The number of benzene rings is 2. The maximum absolute atomic E-state index is 6.15. The van der Waals surface area contributed by atoms with E-state index in [1.54, 1.807) is 18.0 Å². The predicted octanol–water partition coefficient (Wildman–Crippen LogP) is 5.35. The minimum atomic E-state index is 0.712. The van der Waals surface area contributed by atoms with E-state index in [2.05, 4.69) is 59.0 Å². The molecule has 1 heterocycles. The largest absolute Gasteiger partial charge is 0.397 e. The summed E-state index contributed by atoms with van der Waals surface area (Å²) in [7, 11) is 0. The summed E-state index contributed by atoms with van der Waals surface area (Å²) in [4.78, 5) is 6.65. The van der Waals surface area contributed by atoms with Gasteiger partial charge in [-0.25, -0.2) is 0 Å². The Kier molecular flexibility index (Phi) is 3.91. The van der Waals surface area contributed by atoms with Gasteiger partial charge in [0.2, 0.25) is 0 Å².